The van der Waals surface area contributed by atoms with Crippen LogP contribution in [0.25, 0.3) is 10.8 Å². The average Bonchev–Trinajstić information content (AvgIpc) is 3.15. The van der Waals surface area contributed by atoms with Crippen LogP contribution in [0.1, 0.15) is 23.6 Å². The number of amidine groups is 1. The zero-order valence-electron chi connectivity index (χ0n) is 19.9. The van der Waals surface area contributed by atoms with Crippen LogP contribution in [0.4, 0.5) is 18.9 Å². The first kappa shape index (κ1) is 26.3. The molecule has 4 nitrogen and oxygen atoms in total. The van der Waals surface area contributed by atoms with E-state index in [1.165, 1.54) is 12.1 Å². The van der Waals surface area contributed by atoms with Gasteiger partial charge in [0.25, 0.3) is 0 Å². The Kier molecular flexibility index (Phi) is 6.75. The van der Waals surface area contributed by atoms with Gasteiger partial charge in [0, 0.05) is 5.69 Å². The summed E-state index contributed by atoms with van der Waals surface area (Å²) in [6.07, 6.45) is -4.41. The molecule has 1 aliphatic heterocycles. The van der Waals surface area contributed by atoms with Gasteiger partial charge in [0.1, 0.15) is 11.4 Å². The first-order valence-corrected chi connectivity index (χ1v) is 12.6. The summed E-state index contributed by atoms with van der Waals surface area (Å²) in [7, 11) is 0. The summed E-state index contributed by atoms with van der Waals surface area (Å²) in [6, 6.07) is 21.9. The Morgan fingerprint density at radius 2 is 1.58 bits per heavy atom. The molecule has 1 fully saturated rings. The predicted molar refractivity (Wildman–Crippen MR) is 150 cm³/mol. The van der Waals surface area contributed by atoms with Crippen molar-refractivity contribution in [3.63, 3.8) is 0 Å². The lowest BCUT2D eigenvalue weighted by molar-refractivity contribution is -0.137. The molecule has 0 bridgehead atoms. The summed E-state index contributed by atoms with van der Waals surface area (Å²) in [5, 5.41) is 15.8. The third kappa shape index (κ3) is 4.68. The number of nitrogens with one attached hydrogen (secondary N) is 1. The van der Waals surface area contributed by atoms with Gasteiger partial charge >= 0.3 is 6.18 Å². The minimum absolute atomic E-state index is 0.0614. The predicted octanol–water partition coefficient (Wildman–Crippen LogP) is 8.08. The van der Waals surface area contributed by atoms with Crippen molar-refractivity contribution in [3.05, 3.63) is 106 Å². The molecule has 0 amide bonds. The van der Waals surface area contributed by atoms with Crippen molar-refractivity contribution >= 4 is 62.8 Å². The number of phenols is 1. The zero-order valence-corrected chi connectivity index (χ0v) is 22.2. The molecule has 38 heavy (non-hydrogen) atoms. The van der Waals surface area contributed by atoms with E-state index in [1.807, 2.05) is 54.3 Å². The van der Waals surface area contributed by atoms with E-state index >= 15 is 0 Å². The molecule has 0 saturated carbocycles. The lowest BCUT2D eigenvalue weighted by atomic mass is 9.88. The van der Waals surface area contributed by atoms with Gasteiger partial charge in [0.15, 0.2) is 10.9 Å². The van der Waals surface area contributed by atoms with Crippen LogP contribution >= 0.6 is 35.4 Å². The maximum atomic E-state index is 13.0. The number of aromatic hydroxyl groups is 1. The summed E-state index contributed by atoms with van der Waals surface area (Å²) in [6.45, 7) is 2.06. The van der Waals surface area contributed by atoms with E-state index in [-0.39, 0.29) is 22.3 Å². The largest absolute Gasteiger partial charge is 0.505 e. The van der Waals surface area contributed by atoms with Crippen LogP contribution in [0.2, 0.25) is 10.0 Å². The van der Waals surface area contributed by atoms with Crippen molar-refractivity contribution in [2.75, 3.05) is 4.90 Å². The Hall–Kier alpha value is -3.33. The average molecular weight is 574 g/mol. The van der Waals surface area contributed by atoms with Crippen molar-refractivity contribution in [2.24, 2.45) is 4.99 Å². The number of fused-ring (bicyclic) bond motifs is 1. The van der Waals surface area contributed by atoms with Gasteiger partial charge in [-0.25, -0.2) is 0 Å². The number of hydrogen-bond donors (Lipinski definition) is 2. The molecule has 1 heterocycles. The molecular formula is C28H20Cl2F3N3OS. The molecule has 2 N–H and O–H groups in total. The molecule has 1 aliphatic rings. The molecule has 0 aliphatic carbocycles. The van der Waals surface area contributed by atoms with Crippen molar-refractivity contribution in [2.45, 2.75) is 25.2 Å². The first-order chi connectivity index (χ1) is 18.0. The minimum Gasteiger partial charge on any atom is -0.505 e. The topological polar surface area (TPSA) is 47.9 Å². The number of thiocarbonyl (C=S) groups is 1. The highest BCUT2D eigenvalue weighted by Crippen LogP contribution is 2.43. The van der Waals surface area contributed by atoms with Crippen molar-refractivity contribution in [3.8, 4) is 5.75 Å². The van der Waals surface area contributed by atoms with Gasteiger partial charge in [0.05, 0.1) is 22.2 Å². The molecule has 4 aromatic rings. The van der Waals surface area contributed by atoms with E-state index in [2.05, 4.69) is 5.32 Å². The van der Waals surface area contributed by atoms with E-state index in [9.17, 15) is 18.3 Å². The monoisotopic (exact) mass is 573 g/mol. The first-order valence-electron chi connectivity index (χ1n) is 11.5. The van der Waals surface area contributed by atoms with Crippen molar-refractivity contribution < 1.29 is 18.3 Å². The normalized spacial score (nSPS) is 18.8. The Labute approximate surface area is 232 Å². The van der Waals surface area contributed by atoms with E-state index in [4.69, 9.17) is 40.4 Å². The fraction of sp³-hybridized carbons (Fsp3) is 0.143. The second-order valence-electron chi connectivity index (χ2n) is 9.02. The highest BCUT2D eigenvalue weighted by atomic mass is 35.5. The molecule has 1 saturated heterocycles. The number of hydrogen-bond acceptors (Lipinski definition) is 3. The van der Waals surface area contributed by atoms with Gasteiger partial charge < -0.3 is 15.3 Å². The zero-order chi connectivity index (χ0) is 27.2. The molecule has 1 atom stereocenters. The van der Waals surface area contributed by atoms with Gasteiger partial charge in [-0.3, -0.25) is 4.99 Å². The second-order valence-corrected chi connectivity index (χ2v) is 10.2. The van der Waals surface area contributed by atoms with Crippen molar-refractivity contribution in [1.82, 2.24) is 5.32 Å². The fourth-order valence-electron chi connectivity index (χ4n) is 4.57. The smallest absolute Gasteiger partial charge is 0.416 e. The molecular weight excluding hydrogens is 554 g/mol. The van der Waals surface area contributed by atoms with Crippen LogP contribution in [0.5, 0.6) is 5.75 Å². The number of anilines is 1. The van der Waals surface area contributed by atoms with Gasteiger partial charge in [-0.2, -0.15) is 13.2 Å². The summed E-state index contributed by atoms with van der Waals surface area (Å²) < 4.78 is 39.0. The Bertz CT molecular complexity index is 1570. The molecule has 0 aromatic heterocycles. The fourth-order valence-corrected chi connectivity index (χ4v) is 5.43. The molecule has 0 radical (unpaired) electrons. The number of nitrogens with zero attached hydrogens (tertiary/aromatic N) is 2. The highest BCUT2D eigenvalue weighted by molar-refractivity contribution is 7.80. The Balaban J connectivity index is 1.62. The van der Waals surface area contributed by atoms with E-state index < -0.39 is 17.3 Å². The van der Waals surface area contributed by atoms with E-state index in [0.717, 1.165) is 28.5 Å². The molecule has 4 aromatic carbocycles. The van der Waals surface area contributed by atoms with Gasteiger partial charge in [-0.05, 0) is 71.4 Å². The SMILES string of the molecule is CC1(c2ccc3ccccc3c2)C(=NCc2ccc(C(F)(F)F)cc2)NC(=S)N1c1cc(Cl)c(O)c(Cl)c1. The van der Waals surface area contributed by atoms with Crippen LogP contribution in [0.15, 0.2) is 83.9 Å². The molecule has 0 spiro atoms. The van der Waals surface area contributed by atoms with Gasteiger partial charge in [0.2, 0.25) is 0 Å². The molecule has 10 heteroatoms. The maximum Gasteiger partial charge on any atom is 0.416 e. The lowest BCUT2D eigenvalue weighted by Crippen LogP contribution is -2.44. The molecule has 194 valence electrons. The second kappa shape index (κ2) is 9.76. The Morgan fingerprint density at radius 3 is 2.21 bits per heavy atom. The summed E-state index contributed by atoms with van der Waals surface area (Å²) >= 11 is 18.2. The third-order valence-electron chi connectivity index (χ3n) is 6.61. The van der Waals surface area contributed by atoms with Crippen molar-refractivity contribution in [1.29, 1.82) is 0 Å². The van der Waals surface area contributed by atoms with Crippen LogP contribution in [-0.2, 0) is 18.3 Å². The number of alkyl halides is 3. The number of halogens is 5. The standard InChI is InChI=1S/C28H20Cl2F3N3OS/c1-27(20-11-8-17-4-2-3-5-18(17)12-20)25(34-15-16-6-9-19(10-7-16)28(31,32)33)35-26(38)36(27)21-13-22(29)24(37)23(30)14-21/h2-14,37H,15H2,1H3,(H,34,35,38). The van der Waals surface area contributed by atoms with E-state index in [1.54, 1.807) is 12.1 Å². The lowest BCUT2D eigenvalue weighted by Gasteiger charge is -2.35. The van der Waals surface area contributed by atoms with Crippen LogP contribution in [0, 0.1) is 0 Å². The number of benzene rings is 4. The van der Waals surface area contributed by atoms with Crippen LogP contribution in [0.3, 0.4) is 0 Å². The highest BCUT2D eigenvalue weighted by Gasteiger charge is 2.48. The third-order valence-corrected chi connectivity index (χ3v) is 7.47. The van der Waals surface area contributed by atoms with Gasteiger partial charge in [-0.15, -0.1) is 0 Å². The number of phenolic OH excluding ortho intramolecular Hbond substituents is 1. The van der Waals surface area contributed by atoms with Crippen LogP contribution < -0.4 is 10.2 Å². The van der Waals surface area contributed by atoms with Gasteiger partial charge in [-0.1, -0.05) is 71.7 Å². The van der Waals surface area contributed by atoms with E-state index in [0.29, 0.717) is 22.2 Å². The Morgan fingerprint density at radius 1 is 0.947 bits per heavy atom. The molecule has 5 rings (SSSR count). The quantitative estimate of drug-likeness (QED) is 0.242. The maximum absolute atomic E-state index is 13.0. The summed E-state index contributed by atoms with van der Waals surface area (Å²) in [5.41, 5.74) is 0.313. The minimum atomic E-state index is -4.41. The van der Waals surface area contributed by atoms with Crippen LogP contribution in [-0.4, -0.2) is 16.1 Å². The number of aliphatic imine (C=N–C) groups is 1. The number of rotatable bonds is 4. The molecule has 1 unspecified atom stereocenters. The summed E-state index contributed by atoms with van der Waals surface area (Å²) in [4.78, 5) is 6.58. The summed E-state index contributed by atoms with van der Waals surface area (Å²) in [5.74, 6) is 0.261.